The van der Waals surface area contributed by atoms with Crippen LogP contribution in [0.1, 0.15) is 20.8 Å². The fourth-order valence-corrected chi connectivity index (χ4v) is 0.633. The number of aliphatic hydroxyl groups is 1. The molecule has 1 N–H and O–H groups in total. The molecule has 4 nitrogen and oxygen atoms in total. The summed E-state index contributed by atoms with van der Waals surface area (Å²) in [6, 6.07) is 0. The van der Waals surface area contributed by atoms with Crippen molar-refractivity contribution >= 4 is 11.8 Å². The molecule has 0 heterocycles. The quantitative estimate of drug-likeness (QED) is 0.657. The second-order valence-corrected chi connectivity index (χ2v) is 1.94. The third kappa shape index (κ3) is 6.04. The van der Waals surface area contributed by atoms with E-state index in [9.17, 15) is 9.59 Å². The van der Waals surface area contributed by atoms with E-state index in [0.29, 0.717) is 0 Å². The summed E-state index contributed by atoms with van der Waals surface area (Å²) in [4.78, 5) is 22.4. The smallest absolute Gasteiger partial charge is 0.252 e. The maximum absolute atomic E-state index is 10.8. The van der Waals surface area contributed by atoms with Crippen LogP contribution in [0.15, 0.2) is 12.7 Å². The zero-order valence-corrected chi connectivity index (χ0v) is 8.41. The van der Waals surface area contributed by atoms with E-state index in [1.165, 1.54) is 6.92 Å². The van der Waals surface area contributed by atoms with Crippen molar-refractivity contribution in [2.75, 3.05) is 13.2 Å². The minimum absolute atomic E-state index is 0.0280. The monoisotopic (exact) mass is 187 g/mol. The number of nitrogens with zero attached hydrogens (tertiary/aromatic N) is 1. The van der Waals surface area contributed by atoms with Crippen molar-refractivity contribution in [2.24, 2.45) is 0 Å². The summed E-state index contributed by atoms with van der Waals surface area (Å²) >= 11 is 0. The number of amides is 2. The number of hydrogen-bond donors (Lipinski definition) is 1. The molecule has 0 aromatic carbocycles. The average Bonchev–Trinajstić information content (AvgIpc) is 2.15. The Labute approximate surface area is 78.9 Å². The Hall–Kier alpha value is -1.16. The Morgan fingerprint density at radius 3 is 2.15 bits per heavy atom. The number of carbonyl (C=O) groups is 2. The Bertz CT molecular complexity index is 178. The number of imide groups is 1. The van der Waals surface area contributed by atoms with Gasteiger partial charge in [0.25, 0.3) is 5.91 Å². The second kappa shape index (κ2) is 8.93. The van der Waals surface area contributed by atoms with E-state index in [2.05, 4.69) is 6.58 Å². The van der Waals surface area contributed by atoms with Crippen molar-refractivity contribution < 1.29 is 14.7 Å². The van der Waals surface area contributed by atoms with Gasteiger partial charge in [-0.15, -0.1) is 0 Å². The molecule has 0 atom stereocenters. The van der Waals surface area contributed by atoms with Crippen LogP contribution in [0.3, 0.4) is 0 Å². The molecule has 0 spiro atoms. The van der Waals surface area contributed by atoms with Crippen molar-refractivity contribution in [2.45, 2.75) is 20.8 Å². The third-order valence-electron chi connectivity index (χ3n) is 1.14. The largest absolute Gasteiger partial charge is 0.395 e. The van der Waals surface area contributed by atoms with Gasteiger partial charge in [-0.25, -0.2) is 0 Å². The molecular weight excluding hydrogens is 170 g/mol. The number of rotatable bonds is 3. The molecule has 0 aliphatic carbocycles. The number of aliphatic hydroxyl groups excluding tert-OH is 1. The Morgan fingerprint density at radius 1 is 1.46 bits per heavy atom. The fraction of sp³-hybridized carbons (Fsp3) is 0.556. The van der Waals surface area contributed by atoms with E-state index in [4.69, 9.17) is 5.11 Å². The van der Waals surface area contributed by atoms with Crippen LogP contribution in [0.2, 0.25) is 0 Å². The van der Waals surface area contributed by atoms with Crippen LogP contribution >= 0.6 is 0 Å². The molecule has 76 valence electrons. The highest BCUT2D eigenvalue weighted by atomic mass is 16.3. The van der Waals surface area contributed by atoms with E-state index in [0.717, 1.165) is 11.0 Å². The molecule has 2 amide bonds. The maximum atomic E-state index is 10.8. The van der Waals surface area contributed by atoms with E-state index in [-0.39, 0.29) is 19.1 Å². The molecule has 0 bridgehead atoms. The lowest BCUT2D eigenvalue weighted by molar-refractivity contribution is -0.140. The minimum Gasteiger partial charge on any atom is -0.395 e. The van der Waals surface area contributed by atoms with Gasteiger partial charge in [-0.05, 0) is 6.08 Å². The van der Waals surface area contributed by atoms with Gasteiger partial charge >= 0.3 is 0 Å². The van der Waals surface area contributed by atoms with Gasteiger partial charge in [-0.3, -0.25) is 14.5 Å². The molecule has 0 aliphatic heterocycles. The van der Waals surface area contributed by atoms with Gasteiger partial charge in [0.1, 0.15) is 0 Å². The lowest BCUT2D eigenvalue weighted by Gasteiger charge is -2.14. The Balaban J connectivity index is 0. The molecule has 0 aliphatic rings. The Kier molecular flexibility index (Phi) is 9.87. The van der Waals surface area contributed by atoms with Crippen molar-refractivity contribution in [3.8, 4) is 0 Å². The summed E-state index contributed by atoms with van der Waals surface area (Å²) in [5.74, 6) is -0.865. The first-order chi connectivity index (χ1) is 6.13. The van der Waals surface area contributed by atoms with Gasteiger partial charge < -0.3 is 5.11 Å². The summed E-state index contributed by atoms with van der Waals surface area (Å²) in [5.41, 5.74) is 0. The van der Waals surface area contributed by atoms with Gasteiger partial charge in [0.2, 0.25) is 5.91 Å². The molecule has 0 saturated carbocycles. The van der Waals surface area contributed by atoms with Gasteiger partial charge in [0.05, 0.1) is 13.2 Å². The van der Waals surface area contributed by atoms with Crippen molar-refractivity contribution in [3.63, 3.8) is 0 Å². The lowest BCUT2D eigenvalue weighted by atomic mass is 10.4. The summed E-state index contributed by atoms with van der Waals surface area (Å²) in [5, 5.41) is 8.45. The number of hydrogen-bond acceptors (Lipinski definition) is 3. The van der Waals surface area contributed by atoms with Crippen LogP contribution < -0.4 is 0 Å². The summed E-state index contributed by atoms with van der Waals surface area (Å²) < 4.78 is 0. The first-order valence-corrected chi connectivity index (χ1v) is 4.18. The minimum atomic E-state index is -0.480. The topological polar surface area (TPSA) is 57.6 Å². The normalized spacial score (nSPS) is 8.00. The van der Waals surface area contributed by atoms with Crippen molar-refractivity contribution in [1.82, 2.24) is 4.90 Å². The van der Waals surface area contributed by atoms with Crippen molar-refractivity contribution in [1.29, 1.82) is 0 Å². The van der Waals surface area contributed by atoms with Crippen molar-refractivity contribution in [3.05, 3.63) is 12.7 Å². The van der Waals surface area contributed by atoms with Gasteiger partial charge in [-0.1, -0.05) is 20.4 Å². The zero-order valence-electron chi connectivity index (χ0n) is 8.41. The van der Waals surface area contributed by atoms with Gasteiger partial charge in [0.15, 0.2) is 0 Å². The second-order valence-electron chi connectivity index (χ2n) is 1.94. The lowest BCUT2D eigenvalue weighted by Crippen LogP contribution is -2.36. The number of carbonyl (C=O) groups excluding carboxylic acids is 2. The average molecular weight is 187 g/mol. The standard InChI is InChI=1S/C7H11NO3.C2H6/c1-3-7(11)8(4-5-9)6(2)10;1-2/h3,9H,1,4-5H2,2H3;1-2H3. The highest BCUT2D eigenvalue weighted by Gasteiger charge is 2.12. The molecule has 0 rings (SSSR count). The summed E-state index contributed by atoms with van der Waals surface area (Å²) in [6.45, 7) is 8.29. The Morgan fingerprint density at radius 2 is 1.92 bits per heavy atom. The van der Waals surface area contributed by atoms with E-state index in [1.807, 2.05) is 13.8 Å². The van der Waals surface area contributed by atoms with E-state index < -0.39 is 5.91 Å². The predicted octanol–water partition coefficient (Wildman–Crippen LogP) is 0.566. The molecule has 0 aromatic rings. The van der Waals surface area contributed by atoms with Gasteiger partial charge in [-0.2, -0.15) is 0 Å². The van der Waals surface area contributed by atoms with Gasteiger partial charge in [0, 0.05) is 6.92 Å². The SMILES string of the molecule is C=CC(=O)N(CCO)C(C)=O.CC. The molecule has 0 aromatic heterocycles. The maximum Gasteiger partial charge on any atom is 0.252 e. The predicted molar refractivity (Wildman–Crippen MR) is 51.0 cm³/mol. The van der Waals surface area contributed by atoms with Crippen LogP contribution in [0, 0.1) is 0 Å². The molecule has 0 unspecified atom stereocenters. The first kappa shape index (κ1) is 14.4. The molecular formula is C9H17NO3. The summed E-state index contributed by atoms with van der Waals surface area (Å²) in [7, 11) is 0. The van der Waals surface area contributed by atoms with Crippen LogP contribution in [-0.2, 0) is 9.59 Å². The van der Waals surface area contributed by atoms with E-state index in [1.54, 1.807) is 0 Å². The molecule has 0 saturated heterocycles. The van der Waals surface area contributed by atoms with Crippen LogP contribution in [0.25, 0.3) is 0 Å². The van der Waals surface area contributed by atoms with Crippen LogP contribution in [0.5, 0.6) is 0 Å². The molecule has 4 heteroatoms. The highest BCUT2D eigenvalue weighted by Crippen LogP contribution is 1.90. The van der Waals surface area contributed by atoms with Crippen LogP contribution in [-0.4, -0.2) is 35.0 Å². The summed E-state index contributed by atoms with van der Waals surface area (Å²) in [6.07, 6.45) is 1.04. The highest BCUT2D eigenvalue weighted by molar-refractivity contribution is 5.99. The zero-order chi connectivity index (χ0) is 10.9. The molecule has 13 heavy (non-hydrogen) atoms. The van der Waals surface area contributed by atoms with E-state index >= 15 is 0 Å². The first-order valence-electron chi connectivity index (χ1n) is 4.18. The molecule has 0 radical (unpaired) electrons. The van der Waals surface area contributed by atoms with Crippen LogP contribution in [0.4, 0.5) is 0 Å². The fourth-order valence-electron chi connectivity index (χ4n) is 0.633. The third-order valence-corrected chi connectivity index (χ3v) is 1.14. The molecule has 0 fully saturated rings.